The van der Waals surface area contributed by atoms with Gasteiger partial charge in [0, 0.05) is 0 Å². The van der Waals surface area contributed by atoms with Crippen LogP contribution in [0.5, 0.6) is 0 Å². The van der Waals surface area contributed by atoms with Crippen LogP contribution in [-0.2, 0) is 14.4 Å². The monoisotopic (exact) mass is 274 g/mol. The Kier molecular flexibility index (Phi) is 5.88. The maximum atomic E-state index is 12.4. The van der Waals surface area contributed by atoms with E-state index in [1.54, 1.807) is 7.05 Å². The van der Waals surface area contributed by atoms with Crippen molar-refractivity contribution in [1.82, 2.24) is 10.2 Å². The van der Waals surface area contributed by atoms with Crippen molar-refractivity contribution < 1.29 is 23.9 Å². The zero-order chi connectivity index (χ0) is 14.4. The third-order valence-corrected chi connectivity index (χ3v) is 3.29. The van der Waals surface area contributed by atoms with Gasteiger partial charge in [0.2, 0.25) is 5.91 Å². The normalized spacial score (nSPS) is 21.7. The number of halogens is 1. The average molecular weight is 274 g/mol. The minimum atomic E-state index is -1.29. The van der Waals surface area contributed by atoms with E-state index < -0.39 is 36.8 Å². The van der Waals surface area contributed by atoms with Crippen molar-refractivity contribution in [2.75, 3.05) is 20.3 Å². The number of nitrogens with one attached hydrogen (secondary N) is 1. The maximum Gasteiger partial charge on any atom is 0.305 e. The van der Waals surface area contributed by atoms with Gasteiger partial charge < -0.3 is 10.4 Å². The average Bonchev–Trinajstić information content (AvgIpc) is 2.36. The van der Waals surface area contributed by atoms with Gasteiger partial charge in [0.05, 0.1) is 12.5 Å². The Balaban J connectivity index is 2.64. The second kappa shape index (κ2) is 7.18. The molecule has 1 heterocycles. The van der Waals surface area contributed by atoms with Gasteiger partial charge in [0.25, 0.3) is 0 Å². The number of hydrogen-bond donors (Lipinski definition) is 2. The number of hydrogen-bond acceptors (Lipinski definition) is 4. The first kappa shape index (κ1) is 15.6. The number of carboxylic acids is 1. The van der Waals surface area contributed by atoms with E-state index in [0.717, 1.165) is 19.4 Å². The number of carbonyl (C=O) groups excluding carboxylic acids is 2. The third kappa shape index (κ3) is 4.59. The SMILES string of the molecule is CN1CCCC[C@H]1C(=O)NC(CC(=O)O)C(=O)CF. The molecule has 2 N–H and O–H groups in total. The highest BCUT2D eigenvalue weighted by atomic mass is 19.1. The van der Waals surface area contributed by atoms with Crippen LogP contribution in [0.15, 0.2) is 0 Å². The third-order valence-electron chi connectivity index (χ3n) is 3.29. The molecule has 1 amide bonds. The number of rotatable bonds is 6. The predicted octanol–water partition coefficient (Wildman–Crippen LogP) is -0.0312. The van der Waals surface area contributed by atoms with Crippen molar-refractivity contribution in [3.8, 4) is 0 Å². The van der Waals surface area contributed by atoms with Crippen LogP contribution in [0.25, 0.3) is 0 Å². The summed E-state index contributed by atoms with van der Waals surface area (Å²) >= 11 is 0. The lowest BCUT2D eigenvalue weighted by Gasteiger charge is -2.32. The van der Waals surface area contributed by atoms with Crippen LogP contribution in [0.4, 0.5) is 4.39 Å². The van der Waals surface area contributed by atoms with E-state index in [2.05, 4.69) is 5.32 Å². The summed E-state index contributed by atoms with van der Waals surface area (Å²) in [5.74, 6) is -2.56. The van der Waals surface area contributed by atoms with E-state index in [1.165, 1.54) is 0 Å². The summed E-state index contributed by atoms with van der Waals surface area (Å²) in [7, 11) is 1.80. The Hall–Kier alpha value is -1.50. The van der Waals surface area contributed by atoms with Gasteiger partial charge >= 0.3 is 5.97 Å². The molecule has 0 radical (unpaired) electrons. The quantitative estimate of drug-likeness (QED) is 0.710. The number of carbonyl (C=O) groups is 3. The lowest BCUT2D eigenvalue weighted by atomic mass is 10.0. The number of likely N-dealkylation sites (N-methyl/N-ethyl adjacent to an activating group) is 1. The molecule has 0 aromatic rings. The lowest BCUT2D eigenvalue weighted by molar-refractivity contribution is -0.140. The number of carboxylic acid groups (broad SMARTS) is 1. The molecule has 0 aliphatic carbocycles. The van der Waals surface area contributed by atoms with Gasteiger partial charge in [0.15, 0.2) is 5.78 Å². The van der Waals surface area contributed by atoms with E-state index >= 15 is 0 Å². The van der Waals surface area contributed by atoms with Crippen molar-refractivity contribution in [3.05, 3.63) is 0 Å². The number of aliphatic carboxylic acids is 1. The van der Waals surface area contributed by atoms with Gasteiger partial charge in [-0.1, -0.05) is 6.42 Å². The highest BCUT2D eigenvalue weighted by Gasteiger charge is 2.30. The Morgan fingerprint density at radius 3 is 2.63 bits per heavy atom. The summed E-state index contributed by atoms with van der Waals surface area (Å²) in [6, 6.07) is -1.66. The van der Waals surface area contributed by atoms with Crippen LogP contribution in [0.1, 0.15) is 25.7 Å². The van der Waals surface area contributed by atoms with E-state index in [0.29, 0.717) is 6.42 Å². The molecule has 6 nitrogen and oxygen atoms in total. The van der Waals surface area contributed by atoms with E-state index in [1.807, 2.05) is 4.90 Å². The van der Waals surface area contributed by atoms with Gasteiger partial charge in [-0.3, -0.25) is 19.3 Å². The summed E-state index contributed by atoms with van der Waals surface area (Å²) in [5, 5.41) is 11.0. The highest BCUT2D eigenvalue weighted by Crippen LogP contribution is 2.15. The summed E-state index contributed by atoms with van der Waals surface area (Å²) in [5.41, 5.74) is 0. The number of likely N-dealkylation sites (tertiary alicyclic amines) is 1. The van der Waals surface area contributed by atoms with Crippen LogP contribution >= 0.6 is 0 Å². The zero-order valence-electron chi connectivity index (χ0n) is 10.9. The van der Waals surface area contributed by atoms with Crippen LogP contribution in [0.2, 0.25) is 0 Å². The van der Waals surface area contributed by atoms with Gasteiger partial charge in [0.1, 0.15) is 12.7 Å². The molecule has 1 rings (SSSR count). The zero-order valence-corrected chi connectivity index (χ0v) is 10.9. The molecule has 0 aromatic carbocycles. The van der Waals surface area contributed by atoms with Crippen LogP contribution in [0, 0.1) is 0 Å². The summed E-state index contributed by atoms with van der Waals surface area (Å²) in [6.45, 7) is -0.503. The first-order valence-electron chi connectivity index (χ1n) is 6.26. The topological polar surface area (TPSA) is 86.7 Å². The molecule has 7 heteroatoms. The molecule has 0 aromatic heterocycles. The van der Waals surface area contributed by atoms with Crippen molar-refractivity contribution in [1.29, 1.82) is 0 Å². The largest absolute Gasteiger partial charge is 0.481 e. The minimum absolute atomic E-state index is 0.377. The predicted molar refractivity (Wildman–Crippen MR) is 65.4 cm³/mol. The molecule has 1 aliphatic heterocycles. The standard InChI is InChI=1S/C12H19FN2O4/c1-15-5-3-2-4-9(15)12(19)14-8(6-11(17)18)10(16)7-13/h8-9H,2-7H2,1H3,(H,14,19)(H,17,18)/t8?,9-/m0/s1. The molecule has 2 atom stereocenters. The van der Waals surface area contributed by atoms with Crippen molar-refractivity contribution in [3.63, 3.8) is 0 Å². The number of nitrogens with zero attached hydrogens (tertiary/aromatic N) is 1. The van der Waals surface area contributed by atoms with E-state index in [9.17, 15) is 18.8 Å². The molecule has 1 saturated heterocycles. The first-order chi connectivity index (χ1) is 8.95. The minimum Gasteiger partial charge on any atom is -0.481 e. The van der Waals surface area contributed by atoms with Gasteiger partial charge in [-0.05, 0) is 26.4 Å². The number of Topliss-reactive ketones (excluding diaryl/α,β-unsaturated/α-hetero) is 1. The Bertz CT molecular complexity index is 362. The number of alkyl halides is 1. The smallest absolute Gasteiger partial charge is 0.305 e. The van der Waals surface area contributed by atoms with Crippen LogP contribution in [-0.4, -0.2) is 60.0 Å². The lowest BCUT2D eigenvalue weighted by Crippen LogP contribution is -2.52. The Labute approximate surface area is 111 Å². The van der Waals surface area contributed by atoms with Gasteiger partial charge in [-0.25, -0.2) is 4.39 Å². The van der Waals surface area contributed by atoms with E-state index in [4.69, 9.17) is 5.11 Å². The second-order valence-corrected chi connectivity index (χ2v) is 4.75. The van der Waals surface area contributed by atoms with Crippen molar-refractivity contribution >= 4 is 17.7 Å². The first-order valence-corrected chi connectivity index (χ1v) is 6.26. The van der Waals surface area contributed by atoms with Gasteiger partial charge in [-0.2, -0.15) is 0 Å². The molecule has 1 unspecified atom stereocenters. The molecule has 0 bridgehead atoms. The molecular weight excluding hydrogens is 255 g/mol. The molecule has 0 saturated carbocycles. The van der Waals surface area contributed by atoms with Gasteiger partial charge in [-0.15, -0.1) is 0 Å². The van der Waals surface area contributed by atoms with Crippen LogP contribution in [0.3, 0.4) is 0 Å². The number of piperidine rings is 1. The fourth-order valence-electron chi connectivity index (χ4n) is 2.19. The van der Waals surface area contributed by atoms with Crippen molar-refractivity contribution in [2.45, 2.75) is 37.8 Å². The molecule has 108 valence electrons. The second-order valence-electron chi connectivity index (χ2n) is 4.75. The molecular formula is C12H19FN2O4. The Morgan fingerprint density at radius 2 is 2.11 bits per heavy atom. The molecule has 1 fully saturated rings. The fraction of sp³-hybridized carbons (Fsp3) is 0.750. The summed E-state index contributed by atoms with van der Waals surface area (Å²) < 4.78 is 12.4. The number of ketones is 1. The molecule has 19 heavy (non-hydrogen) atoms. The Morgan fingerprint density at radius 1 is 1.42 bits per heavy atom. The van der Waals surface area contributed by atoms with E-state index in [-0.39, 0.29) is 6.04 Å². The molecule has 1 aliphatic rings. The molecule has 0 spiro atoms. The van der Waals surface area contributed by atoms with Crippen LogP contribution < -0.4 is 5.32 Å². The number of amides is 1. The fourth-order valence-corrected chi connectivity index (χ4v) is 2.19. The summed E-state index contributed by atoms with van der Waals surface area (Å²) in [6.07, 6.45) is 1.97. The maximum absolute atomic E-state index is 12.4. The van der Waals surface area contributed by atoms with Crippen molar-refractivity contribution in [2.24, 2.45) is 0 Å². The highest BCUT2D eigenvalue weighted by molar-refractivity contribution is 5.93. The summed E-state index contributed by atoms with van der Waals surface area (Å²) in [4.78, 5) is 35.8.